The van der Waals surface area contributed by atoms with Crippen molar-refractivity contribution in [1.29, 1.82) is 0 Å². The first-order valence-electron chi connectivity index (χ1n) is 8.81. The molecular formula is C18H36FN3. The molecule has 0 aliphatic rings. The van der Waals surface area contributed by atoms with E-state index >= 15 is 0 Å². The SMILES string of the molecule is CC.CCC(C)CC.CCCN(CCC)c1ncc(F)cn1. The highest BCUT2D eigenvalue weighted by Crippen LogP contribution is 2.07. The fourth-order valence-electron chi connectivity index (χ4n) is 1.61. The number of hydrogen-bond acceptors (Lipinski definition) is 3. The van der Waals surface area contributed by atoms with Crippen molar-refractivity contribution in [2.45, 2.75) is 74.1 Å². The van der Waals surface area contributed by atoms with Crippen LogP contribution in [0.3, 0.4) is 0 Å². The molecule has 0 saturated carbocycles. The Morgan fingerprint density at radius 1 is 0.955 bits per heavy atom. The number of halogens is 1. The molecular weight excluding hydrogens is 277 g/mol. The van der Waals surface area contributed by atoms with Crippen molar-refractivity contribution in [3.8, 4) is 0 Å². The molecule has 22 heavy (non-hydrogen) atoms. The van der Waals surface area contributed by atoms with E-state index in [4.69, 9.17) is 0 Å². The molecule has 0 radical (unpaired) electrons. The van der Waals surface area contributed by atoms with E-state index in [2.05, 4.69) is 49.5 Å². The van der Waals surface area contributed by atoms with E-state index in [1.807, 2.05) is 13.8 Å². The standard InChI is InChI=1S/C10H16FN3.C6H14.C2H6/c1-3-5-14(6-4-2)10-12-7-9(11)8-13-10;1-4-6(3)5-2;1-2/h7-8H,3-6H2,1-2H3;6H,4-5H2,1-3H3;1-2H3. The monoisotopic (exact) mass is 313 g/mol. The summed E-state index contributed by atoms with van der Waals surface area (Å²) in [4.78, 5) is 9.98. The van der Waals surface area contributed by atoms with Gasteiger partial charge >= 0.3 is 0 Å². The lowest BCUT2D eigenvalue weighted by molar-refractivity contribution is 0.544. The van der Waals surface area contributed by atoms with Gasteiger partial charge in [0.05, 0.1) is 12.4 Å². The predicted molar refractivity (Wildman–Crippen MR) is 95.9 cm³/mol. The summed E-state index contributed by atoms with van der Waals surface area (Å²) in [5, 5.41) is 0. The molecule has 1 rings (SSSR count). The molecule has 0 aromatic carbocycles. The van der Waals surface area contributed by atoms with Crippen LogP contribution in [-0.4, -0.2) is 23.1 Å². The summed E-state index contributed by atoms with van der Waals surface area (Å²) < 4.78 is 12.6. The Balaban J connectivity index is 0. The second-order valence-corrected chi connectivity index (χ2v) is 5.11. The van der Waals surface area contributed by atoms with Crippen LogP contribution >= 0.6 is 0 Å². The second-order valence-electron chi connectivity index (χ2n) is 5.11. The van der Waals surface area contributed by atoms with E-state index < -0.39 is 0 Å². The molecule has 0 aliphatic heterocycles. The van der Waals surface area contributed by atoms with Gasteiger partial charge in [0.25, 0.3) is 0 Å². The quantitative estimate of drug-likeness (QED) is 0.645. The molecule has 0 spiro atoms. The van der Waals surface area contributed by atoms with Gasteiger partial charge in [0.2, 0.25) is 5.95 Å². The Morgan fingerprint density at radius 2 is 1.36 bits per heavy atom. The van der Waals surface area contributed by atoms with Gasteiger partial charge in [0.15, 0.2) is 5.82 Å². The Bertz CT molecular complexity index is 318. The topological polar surface area (TPSA) is 29.0 Å². The van der Waals surface area contributed by atoms with Crippen molar-refractivity contribution < 1.29 is 4.39 Å². The van der Waals surface area contributed by atoms with Crippen molar-refractivity contribution in [3.63, 3.8) is 0 Å². The van der Waals surface area contributed by atoms with Crippen LogP contribution in [0.5, 0.6) is 0 Å². The van der Waals surface area contributed by atoms with Gasteiger partial charge in [-0.05, 0) is 18.8 Å². The van der Waals surface area contributed by atoms with Crippen LogP contribution in [-0.2, 0) is 0 Å². The van der Waals surface area contributed by atoms with Crippen LogP contribution in [0.15, 0.2) is 12.4 Å². The second kappa shape index (κ2) is 16.2. The smallest absolute Gasteiger partial charge is 0.225 e. The van der Waals surface area contributed by atoms with E-state index in [1.54, 1.807) is 0 Å². The molecule has 130 valence electrons. The van der Waals surface area contributed by atoms with Gasteiger partial charge in [-0.15, -0.1) is 0 Å². The highest BCUT2D eigenvalue weighted by Gasteiger charge is 2.06. The van der Waals surface area contributed by atoms with Crippen LogP contribution < -0.4 is 4.90 Å². The van der Waals surface area contributed by atoms with Gasteiger partial charge in [0.1, 0.15) is 0 Å². The maximum absolute atomic E-state index is 12.6. The lowest BCUT2D eigenvalue weighted by Gasteiger charge is -2.20. The molecule has 0 fully saturated rings. The summed E-state index contributed by atoms with van der Waals surface area (Å²) in [5.74, 6) is 1.17. The molecule has 3 nitrogen and oxygen atoms in total. The van der Waals surface area contributed by atoms with Crippen LogP contribution in [0.2, 0.25) is 0 Å². The predicted octanol–water partition coefficient (Wildman–Crippen LogP) is 5.71. The van der Waals surface area contributed by atoms with Crippen molar-refractivity contribution in [1.82, 2.24) is 9.97 Å². The third-order valence-electron chi connectivity index (χ3n) is 3.27. The van der Waals surface area contributed by atoms with Gasteiger partial charge < -0.3 is 4.90 Å². The van der Waals surface area contributed by atoms with Gasteiger partial charge in [-0.1, -0.05) is 61.3 Å². The molecule has 0 aliphatic carbocycles. The van der Waals surface area contributed by atoms with Gasteiger partial charge in [-0.3, -0.25) is 0 Å². The normalized spacial score (nSPS) is 9.50. The maximum Gasteiger partial charge on any atom is 0.225 e. The number of anilines is 1. The van der Waals surface area contributed by atoms with E-state index in [-0.39, 0.29) is 5.82 Å². The van der Waals surface area contributed by atoms with Gasteiger partial charge in [0, 0.05) is 13.1 Å². The zero-order valence-corrected chi connectivity index (χ0v) is 15.7. The van der Waals surface area contributed by atoms with Crippen molar-refractivity contribution >= 4 is 5.95 Å². The molecule has 0 bridgehead atoms. The lowest BCUT2D eigenvalue weighted by Crippen LogP contribution is -2.26. The first-order valence-corrected chi connectivity index (χ1v) is 8.81. The molecule has 0 atom stereocenters. The average molecular weight is 314 g/mol. The summed E-state index contributed by atoms with van der Waals surface area (Å²) in [6, 6.07) is 0. The third-order valence-corrected chi connectivity index (χ3v) is 3.27. The Morgan fingerprint density at radius 3 is 1.64 bits per heavy atom. The molecule has 4 heteroatoms. The van der Waals surface area contributed by atoms with Crippen LogP contribution in [0, 0.1) is 11.7 Å². The molecule has 0 amide bonds. The highest BCUT2D eigenvalue weighted by atomic mass is 19.1. The van der Waals surface area contributed by atoms with Crippen molar-refractivity contribution in [3.05, 3.63) is 18.2 Å². The minimum Gasteiger partial charge on any atom is -0.341 e. The number of rotatable bonds is 7. The van der Waals surface area contributed by atoms with E-state index in [1.165, 1.54) is 25.2 Å². The molecule has 1 aromatic rings. The van der Waals surface area contributed by atoms with E-state index in [0.717, 1.165) is 31.8 Å². The zero-order chi connectivity index (χ0) is 17.4. The summed E-state index contributed by atoms with van der Waals surface area (Å²) in [6.45, 7) is 16.8. The summed E-state index contributed by atoms with van der Waals surface area (Å²) in [5.41, 5.74) is 0. The summed E-state index contributed by atoms with van der Waals surface area (Å²) >= 11 is 0. The fourth-order valence-corrected chi connectivity index (χ4v) is 1.61. The van der Waals surface area contributed by atoms with Gasteiger partial charge in [-0.25, -0.2) is 14.4 Å². The first kappa shape index (κ1) is 23.1. The van der Waals surface area contributed by atoms with Crippen LogP contribution in [0.25, 0.3) is 0 Å². The highest BCUT2D eigenvalue weighted by molar-refractivity contribution is 5.27. The van der Waals surface area contributed by atoms with E-state index in [0.29, 0.717) is 5.95 Å². The third kappa shape index (κ3) is 11.5. The molecule has 1 aromatic heterocycles. The Kier molecular flexibility index (Phi) is 17.0. The largest absolute Gasteiger partial charge is 0.341 e. The maximum atomic E-state index is 12.6. The Hall–Kier alpha value is -1.19. The fraction of sp³-hybridized carbons (Fsp3) is 0.778. The first-order chi connectivity index (χ1) is 10.6. The van der Waals surface area contributed by atoms with Crippen molar-refractivity contribution in [2.24, 2.45) is 5.92 Å². The number of hydrogen-bond donors (Lipinski definition) is 0. The summed E-state index contributed by atoms with van der Waals surface area (Å²) in [7, 11) is 0. The van der Waals surface area contributed by atoms with Crippen molar-refractivity contribution in [2.75, 3.05) is 18.0 Å². The average Bonchev–Trinajstić information content (AvgIpc) is 2.57. The van der Waals surface area contributed by atoms with Crippen LogP contribution in [0.4, 0.5) is 10.3 Å². The molecule has 0 unspecified atom stereocenters. The molecule has 0 N–H and O–H groups in total. The van der Waals surface area contributed by atoms with Crippen LogP contribution in [0.1, 0.15) is 74.1 Å². The molecule has 1 heterocycles. The number of nitrogens with zero attached hydrogens (tertiary/aromatic N) is 3. The zero-order valence-electron chi connectivity index (χ0n) is 15.7. The van der Waals surface area contributed by atoms with Gasteiger partial charge in [-0.2, -0.15) is 0 Å². The minimum absolute atomic E-state index is 0.387. The minimum atomic E-state index is -0.387. The van der Waals surface area contributed by atoms with E-state index in [9.17, 15) is 4.39 Å². The number of aromatic nitrogens is 2. The summed E-state index contributed by atoms with van der Waals surface area (Å²) in [6.07, 6.45) is 7.16. The molecule has 0 saturated heterocycles. The lowest BCUT2D eigenvalue weighted by atomic mass is 10.1. The Labute approximate surface area is 137 Å².